The number of aromatic amines is 1. The third kappa shape index (κ3) is 4.41. The van der Waals surface area contributed by atoms with Crippen molar-refractivity contribution in [3.63, 3.8) is 0 Å². The van der Waals surface area contributed by atoms with Gasteiger partial charge in [0.05, 0.1) is 12.0 Å². The Morgan fingerprint density at radius 3 is 3.12 bits per heavy atom. The van der Waals surface area contributed by atoms with Crippen LogP contribution in [0.4, 0.5) is 0 Å². The third-order valence-corrected chi connectivity index (χ3v) is 2.96. The number of H-pyrrole nitrogens is 1. The van der Waals surface area contributed by atoms with Crippen LogP contribution in [-0.4, -0.2) is 21.6 Å². The number of nitrogens with zero attached hydrogens (tertiary/aromatic N) is 2. The Kier molecular flexibility index (Phi) is 5.51. The SMILES string of the molecule is CC#CN=C(N)CCSCc1nc[nH]c1C. The van der Waals surface area contributed by atoms with E-state index in [1.807, 2.05) is 6.92 Å². The van der Waals surface area contributed by atoms with Crippen molar-refractivity contribution >= 4 is 17.6 Å². The molecule has 0 aliphatic rings. The number of imidazole rings is 1. The summed E-state index contributed by atoms with van der Waals surface area (Å²) in [5.41, 5.74) is 7.90. The summed E-state index contributed by atoms with van der Waals surface area (Å²) in [7, 11) is 0. The number of amidine groups is 1. The van der Waals surface area contributed by atoms with Gasteiger partial charge in [0.1, 0.15) is 5.84 Å². The van der Waals surface area contributed by atoms with Gasteiger partial charge < -0.3 is 10.7 Å². The normalized spacial score (nSPS) is 11.0. The summed E-state index contributed by atoms with van der Waals surface area (Å²) in [6.45, 7) is 3.77. The van der Waals surface area contributed by atoms with Gasteiger partial charge in [0.15, 0.2) is 0 Å². The number of thioether (sulfide) groups is 1. The molecule has 0 amide bonds. The van der Waals surface area contributed by atoms with Crippen molar-refractivity contribution in [2.24, 2.45) is 10.7 Å². The molecule has 5 heteroatoms. The Hall–Kier alpha value is -1.41. The van der Waals surface area contributed by atoms with E-state index in [2.05, 4.69) is 26.9 Å². The van der Waals surface area contributed by atoms with Crippen molar-refractivity contribution in [1.82, 2.24) is 9.97 Å². The van der Waals surface area contributed by atoms with Gasteiger partial charge in [0, 0.05) is 29.7 Å². The molecule has 1 aromatic rings. The molecule has 0 unspecified atom stereocenters. The highest BCUT2D eigenvalue weighted by Gasteiger charge is 2.00. The van der Waals surface area contributed by atoms with Gasteiger partial charge >= 0.3 is 0 Å². The molecule has 0 bridgehead atoms. The monoisotopic (exact) mass is 236 g/mol. The molecule has 4 nitrogen and oxygen atoms in total. The molecule has 0 fully saturated rings. The summed E-state index contributed by atoms with van der Waals surface area (Å²) in [4.78, 5) is 11.2. The maximum absolute atomic E-state index is 5.66. The molecule has 1 heterocycles. The lowest BCUT2D eigenvalue weighted by Gasteiger charge is -1.99. The first-order valence-electron chi connectivity index (χ1n) is 5.04. The van der Waals surface area contributed by atoms with Gasteiger partial charge in [-0.1, -0.05) is 5.92 Å². The average Bonchev–Trinajstić information content (AvgIpc) is 2.67. The molecule has 0 aliphatic heterocycles. The lowest BCUT2D eigenvalue weighted by Crippen LogP contribution is -2.11. The Morgan fingerprint density at radius 2 is 2.50 bits per heavy atom. The zero-order valence-electron chi connectivity index (χ0n) is 9.58. The van der Waals surface area contributed by atoms with Crippen LogP contribution >= 0.6 is 11.8 Å². The molecule has 1 rings (SSSR count). The van der Waals surface area contributed by atoms with Gasteiger partial charge in [-0.25, -0.2) is 4.98 Å². The largest absolute Gasteiger partial charge is 0.386 e. The summed E-state index contributed by atoms with van der Waals surface area (Å²) < 4.78 is 0. The second-order valence-corrected chi connectivity index (χ2v) is 4.35. The van der Waals surface area contributed by atoms with Crippen LogP contribution in [0.15, 0.2) is 11.3 Å². The smallest absolute Gasteiger partial charge is 0.111 e. The van der Waals surface area contributed by atoms with E-state index in [1.54, 1.807) is 25.0 Å². The van der Waals surface area contributed by atoms with E-state index in [-0.39, 0.29) is 0 Å². The predicted octanol–water partition coefficient (Wildman–Crippen LogP) is 1.68. The van der Waals surface area contributed by atoms with Crippen molar-refractivity contribution in [1.29, 1.82) is 0 Å². The standard InChI is InChI=1S/C11H16N4S/c1-3-5-13-11(12)4-6-16-7-10-9(2)14-8-15-10/h8H,4,6-7H2,1-2H3,(H2,12,13)(H,14,15). The van der Waals surface area contributed by atoms with Crippen molar-refractivity contribution in [2.75, 3.05) is 5.75 Å². The van der Waals surface area contributed by atoms with Crippen LogP contribution in [0.25, 0.3) is 0 Å². The molecule has 0 radical (unpaired) electrons. The lowest BCUT2D eigenvalue weighted by atomic mass is 10.4. The number of aliphatic imine (C=N–C) groups is 1. The number of nitrogens with two attached hydrogens (primary N) is 1. The van der Waals surface area contributed by atoms with Crippen LogP contribution in [0.3, 0.4) is 0 Å². The van der Waals surface area contributed by atoms with E-state index in [1.165, 1.54) is 0 Å². The van der Waals surface area contributed by atoms with Crippen LogP contribution in [-0.2, 0) is 5.75 Å². The number of hydrogen-bond donors (Lipinski definition) is 2. The highest BCUT2D eigenvalue weighted by Crippen LogP contribution is 2.13. The van der Waals surface area contributed by atoms with Crippen molar-refractivity contribution < 1.29 is 0 Å². The Morgan fingerprint density at radius 1 is 1.69 bits per heavy atom. The van der Waals surface area contributed by atoms with Crippen LogP contribution in [0, 0.1) is 18.9 Å². The number of aryl methyl sites for hydroxylation is 1. The fourth-order valence-electron chi connectivity index (χ4n) is 1.06. The number of hydrogen-bond acceptors (Lipinski definition) is 3. The van der Waals surface area contributed by atoms with E-state index >= 15 is 0 Å². The third-order valence-electron chi connectivity index (χ3n) is 1.99. The van der Waals surface area contributed by atoms with Gasteiger partial charge in [0.25, 0.3) is 0 Å². The molecule has 0 saturated carbocycles. The molecule has 0 saturated heterocycles. The van der Waals surface area contributed by atoms with Crippen LogP contribution in [0.5, 0.6) is 0 Å². The van der Waals surface area contributed by atoms with Crippen LogP contribution in [0.2, 0.25) is 0 Å². The summed E-state index contributed by atoms with van der Waals surface area (Å²) in [6.07, 6.45) is 2.49. The molecule has 0 aliphatic carbocycles. The Labute approximate surface area is 100 Å². The van der Waals surface area contributed by atoms with E-state index in [9.17, 15) is 0 Å². The zero-order valence-corrected chi connectivity index (χ0v) is 10.4. The fraction of sp³-hybridized carbons (Fsp3) is 0.455. The number of nitrogens with one attached hydrogen (secondary N) is 1. The molecule has 0 aromatic carbocycles. The Bertz CT molecular complexity index is 411. The molecule has 3 N–H and O–H groups in total. The van der Waals surface area contributed by atoms with Gasteiger partial charge in [0.2, 0.25) is 0 Å². The lowest BCUT2D eigenvalue weighted by molar-refractivity contribution is 1.18. The summed E-state index contributed by atoms with van der Waals surface area (Å²) in [6, 6.07) is 2.60. The molecular formula is C11H16N4S. The van der Waals surface area contributed by atoms with E-state index in [0.29, 0.717) is 5.84 Å². The summed E-state index contributed by atoms with van der Waals surface area (Å²) in [5, 5.41) is 0. The highest BCUT2D eigenvalue weighted by atomic mass is 32.2. The molecule has 0 atom stereocenters. The first-order valence-corrected chi connectivity index (χ1v) is 6.20. The van der Waals surface area contributed by atoms with Crippen molar-refractivity contribution in [2.45, 2.75) is 26.0 Å². The fourth-order valence-corrected chi connectivity index (χ4v) is 2.04. The van der Waals surface area contributed by atoms with E-state index in [4.69, 9.17) is 5.73 Å². The van der Waals surface area contributed by atoms with Gasteiger partial charge in [-0.3, -0.25) is 0 Å². The van der Waals surface area contributed by atoms with Crippen molar-refractivity contribution in [3.8, 4) is 12.0 Å². The molecule has 86 valence electrons. The minimum absolute atomic E-state index is 0.598. The maximum Gasteiger partial charge on any atom is 0.111 e. The Balaban J connectivity index is 2.21. The van der Waals surface area contributed by atoms with Crippen LogP contribution < -0.4 is 5.73 Å². The minimum Gasteiger partial charge on any atom is -0.386 e. The average molecular weight is 236 g/mol. The molecule has 16 heavy (non-hydrogen) atoms. The second-order valence-electron chi connectivity index (χ2n) is 3.24. The molecule has 0 spiro atoms. The summed E-state index contributed by atoms with van der Waals surface area (Å²) >= 11 is 1.80. The zero-order chi connectivity index (χ0) is 11.8. The van der Waals surface area contributed by atoms with Gasteiger partial charge in [-0.05, 0) is 13.8 Å². The highest BCUT2D eigenvalue weighted by molar-refractivity contribution is 7.98. The minimum atomic E-state index is 0.598. The van der Waals surface area contributed by atoms with Crippen LogP contribution in [0.1, 0.15) is 24.7 Å². The first-order chi connectivity index (χ1) is 7.74. The quantitative estimate of drug-likeness (QED) is 0.354. The van der Waals surface area contributed by atoms with E-state index < -0.39 is 0 Å². The predicted molar refractivity (Wildman–Crippen MR) is 69.2 cm³/mol. The second kappa shape index (κ2) is 6.96. The maximum atomic E-state index is 5.66. The number of aromatic nitrogens is 2. The number of rotatable bonds is 5. The van der Waals surface area contributed by atoms with E-state index in [0.717, 1.165) is 29.3 Å². The van der Waals surface area contributed by atoms with Gasteiger partial charge in [-0.15, -0.1) is 0 Å². The molecule has 1 aromatic heterocycles. The van der Waals surface area contributed by atoms with Crippen molar-refractivity contribution in [3.05, 3.63) is 17.7 Å². The summed E-state index contributed by atoms with van der Waals surface area (Å²) in [5.74, 6) is 5.12. The first kappa shape index (κ1) is 12.7. The van der Waals surface area contributed by atoms with Gasteiger partial charge in [-0.2, -0.15) is 16.8 Å². The molecular weight excluding hydrogens is 220 g/mol. The topological polar surface area (TPSA) is 67.1 Å².